The van der Waals surface area contributed by atoms with E-state index >= 15 is 0 Å². The van der Waals surface area contributed by atoms with Crippen LogP contribution in [0.2, 0.25) is 0 Å². The van der Waals surface area contributed by atoms with E-state index in [2.05, 4.69) is 52.1 Å². The number of nitrogens with one attached hydrogen (secondary N) is 1. The van der Waals surface area contributed by atoms with Crippen molar-refractivity contribution in [1.82, 2.24) is 5.32 Å². The summed E-state index contributed by atoms with van der Waals surface area (Å²) in [6, 6.07) is 8.55. The second-order valence-corrected chi connectivity index (χ2v) is 5.97. The van der Waals surface area contributed by atoms with Gasteiger partial charge in [0.25, 0.3) is 0 Å². The first-order chi connectivity index (χ1) is 7.87. The van der Waals surface area contributed by atoms with E-state index in [0.29, 0.717) is 18.1 Å². The van der Waals surface area contributed by atoms with Crippen LogP contribution in [0.1, 0.15) is 33.3 Å². The van der Waals surface area contributed by atoms with Crippen LogP contribution in [0, 0.1) is 12.3 Å². The molecule has 0 heterocycles. The molecule has 0 aliphatic carbocycles. The minimum Gasteiger partial charge on any atom is -0.492 e. The largest absolute Gasteiger partial charge is 0.492 e. The van der Waals surface area contributed by atoms with Crippen molar-refractivity contribution in [1.29, 1.82) is 0 Å². The van der Waals surface area contributed by atoms with Gasteiger partial charge in [-0.3, -0.25) is 0 Å². The normalized spacial score (nSPS) is 13.5. The molecule has 2 nitrogen and oxygen atoms in total. The van der Waals surface area contributed by atoms with Crippen LogP contribution in [-0.2, 0) is 0 Å². The Kier molecular flexibility index (Phi) is 5.01. The summed E-state index contributed by atoms with van der Waals surface area (Å²) in [7, 11) is 0. The molecular formula is C15H25NO. The first kappa shape index (κ1) is 14.0. The van der Waals surface area contributed by atoms with Gasteiger partial charge in [0.05, 0.1) is 0 Å². The zero-order valence-electron chi connectivity index (χ0n) is 11.7. The molecule has 0 spiro atoms. The predicted octanol–water partition coefficient (Wildman–Crippen LogP) is 3.40. The summed E-state index contributed by atoms with van der Waals surface area (Å²) in [5, 5.41) is 3.48. The van der Waals surface area contributed by atoms with Crippen LogP contribution in [0.3, 0.4) is 0 Å². The Morgan fingerprint density at radius 1 is 1.18 bits per heavy atom. The Labute approximate surface area is 105 Å². The lowest BCUT2D eigenvalue weighted by Crippen LogP contribution is -2.37. The second kappa shape index (κ2) is 6.06. The summed E-state index contributed by atoms with van der Waals surface area (Å²) < 4.78 is 5.73. The van der Waals surface area contributed by atoms with E-state index in [0.717, 1.165) is 12.3 Å². The fourth-order valence-corrected chi connectivity index (χ4v) is 1.40. The van der Waals surface area contributed by atoms with Gasteiger partial charge >= 0.3 is 0 Å². The summed E-state index contributed by atoms with van der Waals surface area (Å²) in [4.78, 5) is 0. The van der Waals surface area contributed by atoms with Gasteiger partial charge in [0, 0.05) is 12.6 Å². The first-order valence-electron chi connectivity index (χ1n) is 6.30. The second-order valence-electron chi connectivity index (χ2n) is 5.97. The van der Waals surface area contributed by atoms with Crippen molar-refractivity contribution < 1.29 is 4.74 Å². The molecule has 1 aromatic carbocycles. The van der Waals surface area contributed by atoms with Gasteiger partial charge in [-0.1, -0.05) is 38.5 Å². The molecule has 1 unspecified atom stereocenters. The molecule has 2 heteroatoms. The average molecular weight is 235 g/mol. The Morgan fingerprint density at radius 2 is 1.76 bits per heavy atom. The van der Waals surface area contributed by atoms with Crippen molar-refractivity contribution in [3.8, 4) is 5.75 Å². The van der Waals surface area contributed by atoms with Crippen molar-refractivity contribution in [2.75, 3.05) is 13.2 Å². The molecule has 0 saturated heterocycles. The van der Waals surface area contributed by atoms with E-state index in [1.807, 2.05) is 12.1 Å². The van der Waals surface area contributed by atoms with Crippen LogP contribution in [0.5, 0.6) is 5.75 Å². The van der Waals surface area contributed by atoms with Gasteiger partial charge in [-0.25, -0.2) is 0 Å². The van der Waals surface area contributed by atoms with E-state index in [4.69, 9.17) is 4.74 Å². The number of benzene rings is 1. The average Bonchev–Trinajstić information content (AvgIpc) is 2.25. The molecule has 0 saturated carbocycles. The lowest BCUT2D eigenvalue weighted by atomic mass is 9.97. The standard InChI is InChI=1S/C15H25NO/c1-12-6-8-14(9-7-12)17-10-13(2)16-11-15(3,4)5/h6-9,13,16H,10-11H2,1-5H3. The smallest absolute Gasteiger partial charge is 0.119 e. The van der Waals surface area contributed by atoms with Gasteiger partial charge in [0.1, 0.15) is 12.4 Å². The van der Waals surface area contributed by atoms with Crippen LogP contribution >= 0.6 is 0 Å². The highest BCUT2D eigenvalue weighted by molar-refractivity contribution is 5.26. The van der Waals surface area contributed by atoms with E-state index in [1.165, 1.54) is 5.56 Å². The van der Waals surface area contributed by atoms with Gasteiger partial charge in [-0.15, -0.1) is 0 Å². The molecule has 1 N–H and O–H groups in total. The predicted molar refractivity (Wildman–Crippen MR) is 73.6 cm³/mol. The quantitative estimate of drug-likeness (QED) is 0.844. The lowest BCUT2D eigenvalue weighted by molar-refractivity contribution is 0.255. The number of hydrogen-bond acceptors (Lipinski definition) is 2. The van der Waals surface area contributed by atoms with Crippen molar-refractivity contribution in [2.45, 2.75) is 40.7 Å². The third kappa shape index (κ3) is 6.32. The zero-order chi connectivity index (χ0) is 12.9. The summed E-state index contributed by atoms with van der Waals surface area (Å²) in [6.45, 7) is 12.6. The molecule has 0 amide bonds. The van der Waals surface area contributed by atoms with Crippen molar-refractivity contribution in [2.24, 2.45) is 5.41 Å². The number of rotatable bonds is 5. The molecule has 0 bridgehead atoms. The highest BCUT2D eigenvalue weighted by Gasteiger charge is 2.11. The summed E-state index contributed by atoms with van der Waals surface area (Å²) >= 11 is 0. The van der Waals surface area contributed by atoms with Crippen LogP contribution in [0.4, 0.5) is 0 Å². The van der Waals surface area contributed by atoms with Crippen LogP contribution in [-0.4, -0.2) is 19.2 Å². The maximum atomic E-state index is 5.73. The highest BCUT2D eigenvalue weighted by Crippen LogP contribution is 2.13. The third-order valence-electron chi connectivity index (χ3n) is 2.50. The SMILES string of the molecule is Cc1ccc(OCC(C)NCC(C)(C)C)cc1. The molecule has 96 valence electrons. The monoisotopic (exact) mass is 235 g/mol. The van der Waals surface area contributed by atoms with E-state index in [1.54, 1.807) is 0 Å². The Hall–Kier alpha value is -1.02. The number of hydrogen-bond donors (Lipinski definition) is 1. The molecule has 0 aliphatic rings. The maximum Gasteiger partial charge on any atom is 0.119 e. The highest BCUT2D eigenvalue weighted by atomic mass is 16.5. The third-order valence-corrected chi connectivity index (χ3v) is 2.50. The fourth-order valence-electron chi connectivity index (χ4n) is 1.40. The zero-order valence-corrected chi connectivity index (χ0v) is 11.7. The van der Waals surface area contributed by atoms with Crippen LogP contribution < -0.4 is 10.1 Å². The summed E-state index contributed by atoms with van der Waals surface area (Å²) in [5.41, 5.74) is 1.58. The van der Waals surface area contributed by atoms with Crippen LogP contribution in [0.25, 0.3) is 0 Å². The number of aryl methyl sites for hydroxylation is 1. The van der Waals surface area contributed by atoms with Gasteiger partial charge in [0.2, 0.25) is 0 Å². The van der Waals surface area contributed by atoms with Crippen LogP contribution in [0.15, 0.2) is 24.3 Å². The van der Waals surface area contributed by atoms with Gasteiger partial charge < -0.3 is 10.1 Å². The van der Waals surface area contributed by atoms with E-state index in [-0.39, 0.29) is 0 Å². The van der Waals surface area contributed by atoms with Gasteiger partial charge in [0.15, 0.2) is 0 Å². The summed E-state index contributed by atoms with van der Waals surface area (Å²) in [5.74, 6) is 0.944. The molecule has 0 aliphatic heterocycles. The maximum absolute atomic E-state index is 5.73. The molecule has 0 radical (unpaired) electrons. The molecular weight excluding hydrogens is 210 g/mol. The first-order valence-corrected chi connectivity index (χ1v) is 6.30. The van der Waals surface area contributed by atoms with Gasteiger partial charge in [-0.05, 0) is 31.4 Å². The molecule has 1 atom stereocenters. The molecule has 0 aromatic heterocycles. The lowest BCUT2D eigenvalue weighted by Gasteiger charge is -2.22. The summed E-state index contributed by atoms with van der Waals surface area (Å²) in [6.07, 6.45) is 0. The Bertz CT molecular complexity index is 324. The minimum atomic E-state index is 0.318. The Balaban J connectivity index is 2.28. The fraction of sp³-hybridized carbons (Fsp3) is 0.600. The molecule has 0 fully saturated rings. The van der Waals surface area contributed by atoms with Crippen molar-refractivity contribution in [3.05, 3.63) is 29.8 Å². The molecule has 1 aromatic rings. The topological polar surface area (TPSA) is 21.3 Å². The molecule has 1 rings (SSSR count). The molecule has 17 heavy (non-hydrogen) atoms. The van der Waals surface area contributed by atoms with Gasteiger partial charge in [-0.2, -0.15) is 0 Å². The van der Waals surface area contributed by atoms with E-state index in [9.17, 15) is 0 Å². The minimum absolute atomic E-state index is 0.318. The van der Waals surface area contributed by atoms with Crippen molar-refractivity contribution >= 4 is 0 Å². The Morgan fingerprint density at radius 3 is 2.29 bits per heavy atom. The van der Waals surface area contributed by atoms with E-state index < -0.39 is 0 Å². The number of ether oxygens (including phenoxy) is 1. The van der Waals surface area contributed by atoms with Crippen molar-refractivity contribution in [3.63, 3.8) is 0 Å².